The second-order valence-electron chi connectivity index (χ2n) is 5.75. The van der Waals surface area contributed by atoms with Crippen molar-refractivity contribution in [1.29, 1.82) is 0 Å². The lowest BCUT2D eigenvalue weighted by molar-refractivity contribution is 0.391. The van der Waals surface area contributed by atoms with Crippen LogP contribution in [0.25, 0.3) is 0 Å². The third-order valence-corrected chi connectivity index (χ3v) is 3.93. The molecule has 0 fully saturated rings. The molecule has 23 heavy (non-hydrogen) atoms. The molecule has 0 aliphatic carbocycles. The predicted octanol–water partition coefficient (Wildman–Crippen LogP) is 2.80. The Morgan fingerprint density at radius 3 is 2.57 bits per heavy atom. The van der Waals surface area contributed by atoms with Crippen molar-refractivity contribution in [3.05, 3.63) is 52.9 Å². The fourth-order valence-corrected chi connectivity index (χ4v) is 2.74. The molecule has 0 saturated heterocycles. The van der Waals surface area contributed by atoms with Crippen LogP contribution in [0.3, 0.4) is 0 Å². The zero-order valence-electron chi connectivity index (χ0n) is 14.4. The molecule has 0 aliphatic rings. The smallest absolute Gasteiger partial charge is 0.191 e. The van der Waals surface area contributed by atoms with Crippen LogP contribution in [-0.4, -0.2) is 31.3 Å². The zero-order chi connectivity index (χ0) is 16.7. The summed E-state index contributed by atoms with van der Waals surface area (Å²) in [5, 5.41) is 10.7. The number of aryl methyl sites for hydroxylation is 2. The topological polar surface area (TPSA) is 62.5 Å². The molecule has 2 aromatic rings. The minimum atomic E-state index is 0.314. The van der Waals surface area contributed by atoms with Crippen LogP contribution in [-0.2, 0) is 6.42 Å². The molecule has 1 unspecified atom stereocenters. The summed E-state index contributed by atoms with van der Waals surface area (Å²) >= 11 is 0. The molecule has 0 aliphatic heterocycles. The largest absolute Gasteiger partial charge is 0.361 e. The number of hydrogen-bond acceptors (Lipinski definition) is 3. The number of nitrogens with one attached hydrogen (secondary N) is 2. The Labute approximate surface area is 138 Å². The molecule has 1 aromatic carbocycles. The van der Waals surface area contributed by atoms with Gasteiger partial charge in [0.15, 0.2) is 5.96 Å². The van der Waals surface area contributed by atoms with Gasteiger partial charge in [0.2, 0.25) is 0 Å². The van der Waals surface area contributed by atoms with Crippen molar-refractivity contribution >= 4 is 5.96 Å². The molecule has 0 radical (unpaired) electrons. The molecule has 124 valence electrons. The standard InChI is InChI=1S/C18H26N4O/c1-13(17-14(2)22-23-15(17)3)12-21-18(19-4)20-11-10-16-8-6-5-7-9-16/h5-9,13H,10-12H2,1-4H3,(H2,19,20,21). The summed E-state index contributed by atoms with van der Waals surface area (Å²) in [6.45, 7) is 7.74. The number of rotatable bonds is 6. The van der Waals surface area contributed by atoms with E-state index in [2.05, 4.69) is 52.0 Å². The van der Waals surface area contributed by atoms with Gasteiger partial charge < -0.3 is 15.2 Å². The van der Waals surface area contributed by atoms with E-state index in [1.54, 1.807) is 7.05 Å². The number of hydrogen-bond donors (Lipinski definition) is 2. The number of guanidine groups is 1. The van der Waals surface area contributed by atoms with Gasteiger partial charge in [0.1, 0.15) is 5.76 Å². The first kappa shape index (κ1) is 17.1. The number of benzene rings is 1. The van der Waals surface area contributed by atoms with Gasteiger partial charge in [-0.15, -0.1) is 0 Å². The molecule has 5 heteroatoms. The maximum absolute atomic E-state index is 5.24. The summed E-state index contributed by atoms with van der Waals surface area (Å²) in [4.78, 5) is 4.27. The molecule has 0 spiro atoms. The van der Waals surface area contributed by atoms with E-state index in [-0.39, 0.29) is 0 Å². The van der Waals surface area contributed by atoms with Crippen LogP contribution < -0.4 is 10.6 Å². The van der Waals surface area contributed by atoms with Crippen molar-refractivity contribution in [2.45, 2.75) is 33.1 Å². The normalized spacial score (nSPS) is 13.0. The highest BCUT2D eigenvalue weighted by atomic mass is 16.5. The van der Waals surface area contributed by atoms with Crippen LogP contribution in [0.5, 0.6) is 0 Å². The lowest BCUT2D eigenvalue weighted by Crippen LogP contribution is -2.40. The van der Waals surface area contributed by atoms with Gasteiger partial charge in [-0.3, -0.25) is 4.99 Å². The molecule has 5 nitrogen and oxygen atoms in total. The Kier molecular flexibility index (Phi) is 6.20. The van der Waals surface area contributed by atoms with Gasteiger partial charge in [-0.05, 0) is 25.8 Å². The van der Waals surface area contributed by atoms with E-state index in [9.17, 15) is 0 Å². The highest BCUT2D eigenvalue weighted by Gasteiger charge is 2.16. The third kappa shape index (κ3) is 4.84. The number of aromatic nitrogens is 1. The average molecular weight is 314 g/mol. The van der Waals surface area contributed by atoms with Gasteiger partial charge in [-0.1, -0.05) is 42.4 Å². The SMILES string of the molecule is CN=C(NCCc1ccccc1)NCC(C)c1c(C)noc1C. The van der Waals surface area contributed by atoms with Gasteiger partial charge in [-0.2, -0.15) is 0 Å². The van der Waals surface area contributed by atoms with Gasteiger partial charge in [0, 0.05) is 31.6 Å². The van der Waals surface area contributed by atoms with E-state index in [4.69, 9.17) is 4.52 Å². The molecule has 2 rings (SSSR count). The fourth-order valence-electron chi connectivity index (χ4n) is 2.74. The predicted molar refractivity (Wildman–Crippen MR) is 93.9 cm³/mol. The minimum absolute atomic E-state index is 0.314. The van der Waals surface area contributed by atoms with Crippen molar-refractivity contribution in [1.82, 2.24) is 15.8 Å². The molecule has 0 bridgehead atoms. The summed E-state index contributed by atoms with van der Waals surface area (Å²) in [7, 11) is 1.79. The average Bonchev–Trinajstić information content (AvgIpc) is 2.90. The number of nitrogens with zero attached hydrogens (tertiary/aromatic N) is 2. The summed E-state index contributed by atoms with van der Waals surface area (Å²) < 4.78 is 5.24. The highest BCUT2D eigenvalue weighted by molar-refractivity contribution is 5.79. The molecular formula is C18H26N4O. The van der Waals surface area contributed by atoms with Crippen molar-refractivity contribution in [2.24, 2.45) is 4.99 Å². The quantitative estimate of drug-likeness (QED) is 0.636. The summed E-state index contributed by atoms with van der Waals surface area (Å²) in [6, 6.07) is 10.4. The molecule has 0 saturated carbocycles. The Morgan fingerprint density at radius 1 is 1.22 bits per heavy atom. The van der Waals surface area contributed by atoms with Gasteiger partial charge in [0.05, 0.1) is 5.69 Å². The van der Waals surface area contributed by atoms with Gasteiger partial charge >= 0.3 is 0 Å². The molecular weight excluding hydrogens is 288 g/mol. The van der Waals surface area contributed by atoms with Crippen molar-refractivity contribution in [3.8, 4) is 0 Å². The Bertz CT molecular complexity index is 614. The van der Waals surface area contributed by atoms with Crippen LogP contribution in [0.2, 0.25) is 0 Å². The lowest BCUT2D eigenvalue weighted by Gasteiger charge is -2.16. The van der Waals surface area contributed by atoms with Crippen LogP contribution in [0.1, 0.15) is 35.4 Å². The first-order valence-electron chi connectivity index (χ1n) is 8.03. The summed E-state index contributed by atoms with van der Waals surface area (Å²) in [6.07, 6.45) is 0.973. The van der Waals surface area contributed by atoms with E-state index in [1.165, 1.54) is 11.1 Å². The molecule has 1 aromatic heterocycles. The molecule has 0 amide bonds. The van der Waals surface area contributed by atoms with Crippen LogP contribution in [0.15, 0.2) is 39.8 Å². The lowest BCUT2D eigenvalue weighted by atomic mass is 10.00. The summed E-state index contributed by atoms with van der Waals surface area (Å²) in [5.41, 5.74) is 3.46. The minimum Gasteiger partial charge on any atom is -0.361 e. The van der Waals surface area contributed by atoms with Crippen molar-refractivity contribution in [3.63, 3.8) is 0 Å². The Balaban J connectivity index is 1.79. The Morgan fingerprint density at radius 2 is 1.96 bits per heavy atom. The van der Waals surface area contributed by atoms with Gasteiger partial charge in [-0.25, -0.2) is 0 Å². The maximum Gasteiger partial charge on any atom is 0.191 e. The Hall–Kier alpha value is -2.30. The first-order chi connectivity index (χ1) is 11.1. The second-order valence-corrected chi connectivity index (χ2v) is 5.75. The van der Waals surface area contributed by atoms with Crippen molar-refractivity contribution < 1.29 is 4.52 Å². The zero-order valence-corrected chi connectivity index (χ0v) is 14.4. The third-order valence-electron chi connectivity index (χ3n) is 3.93. The van der Waals surface area contributed by atoms with Crippen molar-refractivity contribution in [2.75, 3.05) is 20.1 Å². The number of aliphatic imine (C=N–C) groups is 1. The highest BCUT2D eigenvalue weighted by Crippen LogP contribution is 2.22. The monoisotopic (exact) mass is 314 g/mol. The molecule has 1 atom stereocenters. The molecule has 2 N–H and O–H groups in total. The first-order valence-corrected chi connectivity index (χ1v) is 8.03. The van der Waals surface area contributed by atoms with Crippen LogP contribution >= 0.6 is 0 Å². The van der Waals surface area contributed by atoms with E-state index in [0.29, 0.717) is 5.92 Å². The maximum atomic E-state index is 5.24. The summed E-state index contributed by atoms with van der Waals surface area (Å²) in [5.74, 6) is 2.03. The van der Waals surface area contributed by atoms with E-state index < -0.39 is 0 Å². The van der Waals surface area contributed by atoms with E-state index >= 15 is 0 Å². The van der Waals surface area contributed by atoms with Crippen LogP contribution in [0, 0.1) is 13.8 Å². The van der Waals surface area contributed by atoms with E-state index in [1.807, 2.05) is 19.9 Å². The van der Waals surface area contributed by atoms with E-state index in [0.717, 1.165) is 36.9 Å². The fraction of sp³-hybridized carbons (Fsp3) is 0.444. The molecule has 1 heterocycles. The van der Waals surface area contributed by atoms with Gasteiger partial charge in [0.25, 0.3) is 0 Å². The van der Waals surface area contributed by atoms with Crippen LogP contribution in [0.4, 0.5) is 0 Å². The second kappa shape index (κ2) is 8.36.